The Bertz CT molecular complexity index is 756. The van der Waals surface area contributed by atoms with Crippen molar-refractivity contribution < 1.29 is 18.0 Å². The van der Waals surface area contributed by atoms with Crippen LogP contribution in [0.2, 0.25) is 0 Å². The van der Waals surface area contributed by atoms with Crippen LogP contribution in [0.4, 0.5) is 18.9 Å². The summed E-state index contributed by atoms with van der Waals surface area (Å²) >= 11 is 1.58. The van der Waals surface area contributed by atoms with Gasteiger partial charge in [-0.2, -0.15) is 0 Å². The standard InChI is InChI=1S/C16H17F3N4OS.HI/c1-2-20-16(21-8-10-4-3-7-25-10)22-9-13(24)23-12-6-5-11(17)14(18)15(12)19;/h3-7H,2,8-9H2,1H3,(H,23,24)(H2,20,21,22);1H. The Kier molecular flexibility index (Phi) is 9.41. The van der Waals surface area contributed by atoms with Crippen molar-refractivity contribution in [2.45, 2.75) is 13.5 Å². The van der Waals surface area contributed by atoms with E-state index in [0.717, 1.165) is 17.0 Å². The van der Waals surface area contributed by atoms with Crippen molar-refractivity contribution >= 4 is 52.9 Å². The minimum Gasteiger partial charge on any atom is -0.357 e. The summed E-state index contributed by atoms with van der Waals surface area (Å²) in [7, 11) is 0. The summed E-state index contributed by atoms with van der Waals surface area (Å²) < 4.78 is 39.5. The SMILES string of the molecule is CCNC(=NCC(=O)Nc1ccc(F)c(F)c1F)NCc1cccs1.I. The third-order valence-corrected chi connectivity index (χ3v) is 3.92. The van der Waals surface area contributed by atoms with Crippen LogP contribution in [0.5, 0.6) is 0 Å². The van der Waals surface area contributed by atoms with Crippen LogP contribution in [-0.2, 0) is 11.3 Å². The molecule has 0 aliphatic rings. The van der Waals surface area contributed by atoms with Gasteiger partial charge in [0.1, 0.15) is 6.54 Å². The molecule has 1 aromatic carbocycles. The van der Waals surface area contributed by atoms with Crippen molar-refractivity contribution in [3.8, 4) is 0 Å². The van der Waals surface area contributed by atoms with Crippen molar-refractivity contribution in [2.75, 3.05) is 18.4 Å². The van der Waals surface area contributed by atoms with Crippen LogP contribution in [-0.4, -0.2) is 25.0 Å². The number of carbonyl (C=O) groups is 1. The van der Waals surface area contributed by atoms with E-state index in [9.17, 15) is 18.0 Å². The monoisotopic (exact) mass is 498 g/mol. The third kappa shape index (κ3) is 6.48. The number of aliphatic imine (C=N–C) groups is 1. The van der Waals surface area contributed by atoms with Crippen LogP contribution >= 0.6 is 35.3 Å². The average molecular weight is 498 g/mol. The molecule has 1 amide bonds. The molecule has 0 fully saturated rings. The van der Waals surface area contributed by atoms with Crippen LogP contribution in [0.25, 0.3) is 0 Å². The molecule has 1 heterocycles. The van der Waals surface area contributed by atoms with Gasteiger partial charge in [0.15, 0.2) is 23.4 Å². The topological polar surface area (TPSA) is 65.5 Å². The zero-order valence-electron chi connectivity index (χ0n) is 13.8. The zero-order valence-corrected chi connectivity index (χ0v) is 17.0. The molecule has 0 saturated heterocycles. The van der Waals surface area contributed by atoms with Crippen molar-refractivity contribution in [1.82, 2.24) is 10.6 Å². The molecule has 142 valence electrons. The maximum Gasteiger partial charge on any atom is 0.246 e. The first-order valence-corrected chi connectivity index (χ1v) is 8.37. The maximum absolute atomic E-state index is 13.5. The van der Waals surface area contributed by atoms with Gasteiger partial charge in [-0.1, -0.05) is 6.07 Å². The Labute approximate surface area is 170 Å². The van der Waals surface area contributed by atoms with E-state index in [2.05, 4.69) is 20.9 Å². The summed E-state index contributed by atoms with van der Waals surface area (Å²) in [5, 5.41) is 10.1. The van der Waals surface area contributed by atoms with Gasteiger partial charge in [0, 0.05) is 11.4 Å². The molecule has 0 unspecified atom stereocenters. The number of amides is 1. The molecule has 0 radical (unpaired) electrons. The molecule has 0 spiro atoms. The lowest BCUT2D eigenvalue weighted by Gasteiger charge is -2.11. The van der Waals surface area contributed by atoms with Gasteiger partial charge in [0.2, 0.25) is 5.91 Å². The minimum absolute atomic E-state index is 0. The lowest BCUT2D eigenvalue weighted by molar-refractivity contribution is -0.114. The van der Waals surface area contributed by atoms with Gasteiger partial charge >= 0.3 is 0 Å². The summed E-state index contributed by atoms with van der Waals surface area (Å²) in [6, 6.07) is 5.58. The van der Waals surface area contributed by atoms with E-state index in [1.54, 1.807) is 11.3 Å². The van der Waals surface area contributed by atoms with E-state index in [0.29, 0.717) is 19.0 Å². The summed E-state index contributed by atoms with van der Waals surface area (Å²) in [4.78, 5) is 17.0. The molecule has 2 aromatic rings. The van der Waals surface area contributed by atoms with E-state index in [1.807, 2.05) is 24.4 Å². The summed E-state index contributed by atoms with van der Waals surface area (Å²) in [6.07, 6.45) is 0. The number of halogens is 4. The van der Waals surface area contributed by atoms with Crippen LogP contribution in [0.3, 0.4) is 0 Å². The van der Waals surface area contributed by atoms with Crippen LogP contribution < -0.4 is 16.0 Å². The van der Waals surface area contributed by atoms with Crippen molar-refractivity contribution in [3.63, 3.8) is 0 Å². The molecule has 26 heavy (non-hydrogen) atoms. The van der Waals surface area contributed by atoms with Crippen LogP contribution in [0, 0.1) is 17.5 Å². The van der Waals surface area contributed by atoms with E-state index in [-0.39, 0.29) is 30.5 Å². The first-order valence-electron chi connectivity index (χ1n) is 7.49. The number of hydrogen-bond acceptors (Lipinski definition) is 3. The Hall–Kier alpha value is -1.82. The fraction of sp³-hybridized carbons (Fsp3) is 0.250. The van der Waals surface area contributed by atoms with Gasteiger partial charge < -0.3 is 16.0 Å². The number of benzene rings is 1. The number of nitrogens with zero attached hydrogens (tertiary/aromatic N) is 1. The molecule has 0 bridgehead atoms. The smallest absolute Gasteiger partial charge is 0.246 e. The molecule has 0 atom stereocenters. The Morgan fingerprint density at radius 1 is 1.15 bits per heavy atom. The highest BCUT2D eigenvalue weighted by molar-refractivity contribution is 14.0. The van der Waals surface area contributed by atoms with Crippen molar-refractivity contribution in [3.05, 3.63) is 52.0 Å². The van der Waals surface area contributed by atoms with E-state index < -0.39 is 29.0 Å². The Balaban J connectivity index is 0.00000338. The molecular formula is C16H18F3IN4OS. The predicted molar refractivity (Wildman–Crippen MR) is 107 cm³/mol. The lowest BCUT2D eigenvalue weighted by Crippen LogP contribution is -2.37. The second kappa shape index (κ2) is 11.0. The Morgan fingerprint density at radius 3 is 2.58 bits per heavy atom. The highest BCUT2D eigenvalue weighted by Crippen LogP contribution is 2.19. The van der Waals surface area contributed by atoms with E-state index in [4.69, 9.17) is 0 Å². The van der Waals surface area contributed by atoms with E-state index in [1.165, 1.54) is 0 Å². The number of thiophene rings is 1. The van der Waals surface area contributed by atoms with Gasteiger partial charge in [-0.05, 0) is 30.5 Å². The fourth-order valence-corrected chi connectivity index (χ4v) is 2.53. The second-order valence-corrected chi connectivity index (χ2v) is 5.93. The maximum atomic E-state index is 13.5. The molecule has 5 nitrogen and oxygen atoms in total. The zero-order chi connectivity index (χ0) is 18.2. The fourth-order valence-electron chi connectivity index (χ4n) is 1.89. The van der Waals surface area contributed by atoms with Gasteiger partial charge in [-0.15, -0.1) is 35.3 Å². The van der Waals surface area contributed by atoms with Gasteiger partial charge in [-0.3, -0.25) is 4.79 Å². The summed E-state index contributed by atoms with van der Waals surface area (Å²) in [5.41, 5.74) is -0.435. The number of anilines is 1. The number of carbonyl (C=O) groups excluding carboxylic acids is 1. The summed E-state index contributed by atoms with van der Waals surface area (Å²) in [6.45, 7) is 2.70. The normalized spacial score (nSPS) is 10.8. The lowest BCUT2D eigenvalue weighted by atomic mass is 10.3. The highest BCUT2D eigenvalue weighted by Gasteiger charge is 2.15. The third-order valence-electron chi connectivity index (χ3n) is 3.04. The number of rotatable bonds is 6. The molecule has 1 aromatic heterocycles. The largest absolute Gasteiger partial charge is 0.357 e. The molecule has 0 aliphatic carbocycles. The van der Waals surface area contributed by atoms with Gasteiger partial charge in [-0.25, -0.2) is 18.2 Å². The average Bonchev–Trinajstić information content (AvgIpc) is 3.11. The number of guanidine groups is 1. The first-order chi connectivity index (χ1) is 12.0. The van der Waals surface area contributed by atoms with E-state index >= 15 is 0 Å². The summed E-state index contributed by atoms with van der Waals surface area (Å²) in [5.74, 6) is -4.64. The Morgan fingerprint density at radius 2 is 1.92 bits per heavy atom. The van der Waals surface area contributed by atoms with Gasteiger partial charge in [0.05, 0.1) is 12.2 Å². The molecule has 10 heteroatoms. The van der Waals surface area contributed by atoms with Crippen molar-refractivity contribution in [2.24, 2.45) is 4.99 Å². The molecule has 0 saturated carbocycles. The molecule has 0 aliphatic heterocycles. The first kappa shape index (κ1) is 22.2. The van der Waals surface area contributed by atoms with Crippen LogP contribution in [0.15, 0.2) is 34.6 Å². The van der Waals surface area contributed by atoms with Gasteiger partial charge in [0.25, 0.3) is 0 Å². The number of hydrogen-bond donors (Lipinski definition) is 3. The molecular weight excluding hydrogens is 480 g/mol. The van der Waals surface area contributed by atoms with Crippen LogP contribution in [0.1, 0.15) is 11.8 Å². The predicted octanol–water partition coefficient (Wildman–Crippen LogP) is 3.48. The highest BCUT2D eigenvalue weighted by atomic mass is 127. The number of nitrogens with one attached hydrogen (secondary N) is 3. The van der Waals surface area contributed by atoms with Crippen molar-refractivity contribution in [1.29, 1.82) is 0 Å². The quantitative estimate of drug-likeness (QED) is 0.248. The second-order valence-electron chi connectivity index (χ2n) is 4.90. The molecule has 3 N–H and O–H groups in total. The molecule has 2 rings (SSSR count). The minimum atomic E-state index is -1.63.